The van der Waals surface area contributed by atoms with Crippen molar-refractivity contribution in [2.75, 3.05) is 24.7 Å². The van der Waals surface area contributed by atoms with E-state index in [0.29, 0.717) is 30.7 Å². The highest BCUT2D eigenvalue weighted by molar-refractivity contribution is 7.99. The molecule has 5 atom stereocenters. The van der Waals surface area contributed by atoms with Crippen molar-refractivity contribution in [3.8, 4) is 0 Å². The average Bonchev–Trinajstić information content (AvgIpc) is 3.08. The molecule has 1 heterocycles. The molecule has 1 amide bonds. The third-order valence-corrected chi connectivity index (χ3v) is 6.26. The molecular weight excluding hydrogens is 288 g/mol. The van der Waals surface area contributed by atoms with Gasteiger partial charge in [0.25, 0.3) is 0 Å². The van der Waals surface area contributed by atoms with Gasteiger partial charge < -0.3 is 15.4 Å². The first-order valence-corrected chi connectivity index (χ1v) is 9.09. The number of amides is 1. The molecule has 2 saturated carbocycles. The Morgan fingerprint density at radius 1 is 1.33 bits per heavy atom. The predicted molar refractivity (Wildman–Crippen MR) is 81.8 cm³/mol. The van der Waals surface area contributed by atoms with Crippen LogP contribution in [0.15, 0.2) is 0 Å². The van der Waals surface area contributed by atoms with Gasteiger partial charge in [0.1, 0.15) is 6.04 Å². The van der Waals surface area contributed by atoms with Gasteiger partial charge in [-0.15, -0.1) is 0 Å². The molecule has 2 aliphatic carbocycles. The summed E-state index contributed by atoms with van der Waals surface area (Å²) in [5.41, 5.74) is 6.28. The van der Waals surface area contributed by atoms with Crippen molar-refractivity contribution in [2.45, 2.75) is 38.3 Å². The zero-order valence-electron chi connectivity index (χ0n) is 12.5. The van der Waals surface area contributed by atoms with Gasteiger partial charge in [-0.2, -0.15) is 11.8 Å². The van der Waals surface area contributed by atoms with Crippen LogP contribution in [-0.2, 0) is 14.3 Å². The number of ether oxygens (including phenoxy) is 1. The van der Waals surface area contributed by atoms with Crippen LogP contribution in [0, 0.1) is 17.8 Å². The molecule has 1 aliphatic heterocycles. The molecule has 0 radical (unpaired) electrons. The number of carbonyl (C=O) groups is 2. The number of nitrogens with zero attached hydrogens (tertiary/aromatic N) is 1. The molecule has 0 spiro atoms. The van der Waals surface area contributed by atoms with Crippen molar-refractivity contribution in [2.24, 2.45) is 23.5 Å². The third kappa shape index (κ3) is 2.68. The molecule has 21 heavy (non-hydrogen) atoms. The SMILES string of the molecule is CCOC(=O)C1CSCCN1C(=O)C1C2CCC(C2)C1N. The maximum atomic E-state index is 12.9. The molecule has 3 aliphatic rings. The molecular formula is C15H24N2O3S. The third-order valence-electron chi connectivity index (χ3n) is 5.24. The minimum absolute atomic E-state index is 0.0197. The van der Waals surface area contributed by atoms with Crippen molar-refractivity contribution >= 4 is 23.6 Å². The maximum absolute atomic E-state index is 12.9. The number of thioether (sulfide) groups is 1. The van der Waals surface area contributed by atoms with Gasteiger partial charge in [0.15, 0.2) is 0 Å². The molecule has 3 fully saturated rings. The summed E-state index contributed by atoms with van der Waals surface area (Å²) in [6.45, 7) is 2.79. The quantitative estimate of drug-likeness (QED) is 0.783. The highest BCUT2D eigenvalue weighted by Gasteiger charge is 2.51. The van der Waals surface area contributed by atoms with Crippen LogP contribution in [-0.4, -0.2) is 53.5 Å². The fourth-order valence-electron chi connectivity index (χ4n) is 4.19. The lowest BCUT2D eigenvalue weighted by Gasteiger charge is -2.38. The highest BCUT2D eigenvalue weighted by atomic mass is 32.2. The van der Waals surface area contributed by atoms with Crippen molar-refractivity contribution in [3.63, 3.8) is 0 Å². The minimum atomic E-state index is -0.428. The van der Waals surface area contributed by atoms with Crippen LogP contribution in [0.1, 0.15) is 26.2 Å². The number of hydrogen-bond donors (Lipinski definition) is 1. The second-order valence-corrected chi connectivity index (χ2v) is 7.46. The Bertz CT molecular complexity index is 429. The smallest absolute Gasteiger partial charge is 0.329 e. The molecule has 6 heteroatoms. The first kappa shape index (κ1) is 15.2. The Kier molecular flexibility index (Phi) is 4.45. The monoisotopic (exact) mass is 312 g/mol. The van der Waals surface area contributed by atoms with E-state index in [4.69, 9.17) is 10.5 Å². The van der Waals surface area contributed by atoms with Crippen molar-refractivity contribution in [1.29, 1.82) is 0 Å². The van der Waals surface area contributed by atoms with Crippen LogP contribution in [0.5, 0.6) is 0 Å². The fourth-order valence-corrected chi connectivity index (χ4v) is 5.23. The Balaban J connectivity index is 1.74. The zero-order valence-corrected chi connectivity index (χ0v) is 13.3. The fraction of sp³-hybridized carbons (Fsp3) is 0.867. The molecule has 5 nitrogen and oxygen atoms in total. The summed E-state index contributed by atoms with van der Waals surface area (Å²) in [5.74, 6) is 2.20. The molecule has 3 rings (SSSR count). The Labute approximate surface area is 129 Å². The molecule has 2 N–H and O–H groups in total. The van der Waals surface area contributed by atoms with Gasteiger partial charge in [0.2, 0.25) is 5.91 Å². The van der Waals surface area contributed by atoms with Crippen LogP contribution < -0.4 is 5.73 Å². The zero-order chi connectivity index (χ0) is 15.0. The Morgan fingerprint density at radius 3 is 2.76 bits per heavy atom. The second kappa shape index (κ2) is 6.16. The van der Waals surface area contributed by atoms with Gasteiger partial charge in [-0.3, -0.25) is 4.79 Å². The lowest BCUT2D eigenvalue weighted by atomic mass is 9.83. The first-order valence-electron chi connectivity index (χ1n) is 7.94. The number of nitrogens with two attached hydrogens (primary N) is 1. The summed E-state index contributed by atoms with van der Waals surface area (Å²) in [7, 11) is 0. The summed E-state index contributed by atoms with van der Waals surface area (Å²) in [5, 5.41) is 0. The van der Waals surface area contributed by atoms with Gasteiger partial charge in [-0.25, -0.2) is 4.79 Å². The largest absolute Gasteiger partial charge is 0.464 e. The van der Waals surface area contributed by atoms with E-state index < -0.39 is 6.04 Å². The van der Waals surface area contributed by atoms with E-state index in [1.165, 1.54) is 0 Å². The number of esters is 1. The van der Waals surface area contributed by atoms with E-state index in [2.05, 4.69) is 0 Å². The van der Waals surface area contributed by atoms with Gasteiger partial charge >= 0.3 is 5.97 Å². The summed E-state index contributed by atoms with van der Waals surface area (Å²) in [6.07, 6.45) is 3.36. The van der Waals surface area contributed by atoms with Crippen LogP contribution in [0.3, 0.4) is 0 Å². The maximum Gasteiger partial charge on any atom is 0.329 e. The molecule has 0 aromatic heterocycles. The van der Waals surface area contributed by atoms with E-state index in [1.807, 2.05) is 0 Å². The molecule has 0 aromatic rings. The number of carbonyl (C=O) groups excluding carboxylic acids is 2. The number of fused-ring (bicyclic) bond motifs is 2. The molecule has 1 saturated heterocycles. The second-order valence-electron chi connectivity index (χ2n) is 6.31. The molecule has 0 aromatic carbocycles. The normalized spacial score (nSPS) is 38.6. The molecule has 5 unspecified atom stereocenters. The highest BCUT2D eigenvalue weighted by Crippen LogP contribution is 2.48. The van der Waals surface area contributed by atoms with E-state index in [1.54, 1.807) is 23.6 Å². The van der Waals surface area contributed by atoms with Gasteiger partial charge in [0.05, 0.1) is 12.5 Å². The van der Waals surface area contributed by atoms with Crippen LogP contribution >= 0.6 is 11.8 Å². The lowest BCUT2D eigenvalue weighted by Crippen LogP contribution is -2.56. The summed E-state index contributed by atoms with van der Waals surface area (Å²) in [4.78, 5) is 26.8. The van der Waals surface area contributed by atoms with E-state index in [-0.39, 0.29) is 23.8 Å². The lowest BCUT2D eigenvalue weighted by molar-refractivity contribution is -0.156. The van der Waals surface area contributed by atoms with Crippen molar-refractivity contribution < 1.29 is 14.3 Å². The number of hydrogen-bond acceptors (Lipinski definition) is 5. The van der Waals surface area contributed by atoms with Gasteiger partial charge in [-0.1, -0.05) is 0 Å². The van der Waals surface area contributed by atoms with Crippen molar-refractivity contribution in [1.82, 2.24) is 4.90 Å². The van der Waals surface area contributed by atoms with E-state index >= 15 is 0 Å². The summed E-state index contributed by atoms with van der Waals surface area (Å²) < 4.78 is 5.14. The summed E-state index contributed by atoms with van der Waals surface area (Å²) >= 11 is 1.71. The summed E-state index contributed by atoms with van der Waals surface area (Å²) in [6, 6.07) is -0.448. The Hall–Kier alpha value is -0.750. The minimum Gasteiger partial charge on any atom is -0.464 e. The molecule has 2 bridgehead atoms. The van der Waals surface area contributed by atoms with Gasteiger partial charge in [-0.05, 0) is 38.0 Å². The standard InChI is InChI=1S/C15H24N2O3S/c1-2-20-15(19)11-8-21-6-5-17(11)14(18)12-9-3-4-10(7-9)13(12)16/h9-13H,2-8,16H2,1H3. The van der Waals surface area contributed by atoms with Gasteiger partial charge in [0, 0.05) is 24.1 Å². The average molecular weight is 312 g/mol. The Morgan fingerprint density at radius 2 is 2.10 bits per heavy atom. The first-order chi connectivity index (χ1) is 10.1. The van der Waals surface area contributed by atoms with E-state index in [9.17, 15) is 9.59 Å². The molecule has 118 valence electrons. The van der Waals surface area contributed by atoms with Crippen LogP contribution in [0.4, 0.5) is 0 Å². The number of rotatable bonds is 3. The topological polar surface area (TPSA) is 72.6 Å². The van der Waals surface area contributed by atoms with E-state index in [0.717, 1.165) is 25.0 Å². The van der Waals surface area contributed by atoms with Crippen molar-refractivity contribution in [3.05, 3.63) is 0 Å². The predicted octanol–water partition coefficient (Wildman–Crippen LogP) is 0.867. The van der Waals surface area contributed by atoms with Crippen LogP contribution in [0.25, 0.3) is 0 Å². The van der Waals surface area contributed by atoms with Crippen LogP contribution in [0.2, 0.25) is 0 Å².